The highest BCUT2D eigenvalue weighted by Gasteiger charge is 2.09. The van der Waals surface area contributed by atoms with Crippen LogP contribution in [0.2, 0.25) is 0 Å². The van der Waals surface area contributed by atoms with Gasteiger partial charge in [-0.3, -0.25) is 4.79 Å². The molecule has 2 rings (SSSR count). The largest absolute Gasteiger partial charge is 0.491 e. The number of rotatable bonds is 10. The Bertz CT molecular complexity index is 684. The van der Waals surface area contributed by atoms with Crippen LogP contribution in [-0.4, -0.2) is 32.3 Å². The first-order valence-electron chi connectivity index (χ1n) is 9.03. The molecule has 0 spiro atoms. The molecule has 0 aliphatic heterocycles. The monoisotopic (exact) mass is 356 g/mol. The van der Waals surface area contributed by atoms with Crippen molar-refractivity contribution in [2.45, 2.75) is 26.7 Å². The summed E-state index contributed by atoms with van der Waals surface area (Å²) in [4.78, 5) is 12.2. The van der Waals surface area contributed by atoms with E-state index >= 15 is 0 Å². The topological polar surface area (TPSA) is 59.6 Å². The molecule has 5 nitrogen and oxygen atoms in total. The molecule has 0 unspecified atom stereocenters. The molecule has 0 aliphatic rings. The Hall–Kier alpha value is -2.53. The van der Waals surface area contributed by atoms with Gasteiger partial charge in [0.15, 0.2) is 0 Å². The highest BCUT2D eigenvalue weighted by Crippen LogP contribution is 2.23. The molecule has 140 valence electrons. The molecule has 0 aliphatic carbocycles. The van der Waals surface area contributed by atoms with Crippen molar-refractivity contribution in [2.24, 2.45) is 0 Å². The normalized spacial score (nSPS) is 10.6. The quantitative estimate of drug-likeness (QED) is 0.624. The smallest absolute Gasteiger partial charge is 0.243 e. The van der Waals surface area contributed by atoms with E-state index in [0.717, 1.165) is 22.7 Å². The summed E-state index contributed by atoms with van der Waals surface area (Å²) in [5.74, 6) is 1.07. The van der Waals surface area contributed by atoms with Crippen molar-refractivity contribution in [3.63, 3.8) is 0 Å². The van der Waals surface area contributed by atoms with E-state index in [1.54, 1.807) is 0 Å². The summed E-state index contributed by atoms with van der Waals surface area (Å²) in [5.41, 5.74) is 2.87. The summed E-state index contributed by atoms with van der Waals surface area (Å²) in [5, 5.41) is 6.10. The summed E-state index contributed by atoms with van der Waals surface area (Å²) in [7, 11) is 0. The third kappa shape index (κ3) is 6.41. The number of nitrogens with one attached hydrogen (secondary N) is 2. The fourth-order valence-corrected chi connectivity index (χ4v) is 2.52. The maximum absolute atomic E-state index is 12.2. The Morgan fingerprint density at radius 1 is 1.04 bits per heavy atom. The van der Waals surface area contributed by atoms with Crippen LogP contribution in [-0.2, 0) is 9.53 Å². The maximum Gasteiger partial charge on any atom is 0.243 e. The Kier molecular flexibility index (Phi) is 7.96. The number of benzene rings is 2. The molecule has 2 aromatic carbocycles. The van der Waals surface area contributed by atoms with E-state index in [-0.39, 0.29) is 12.5 Å². The van der Waals surface area contributed by atoms with Crippen LogP contribution in [0.25, 0.3) is 0 Å². The van der Waals surface area contributed by atoms with E-state index in [9.17, 15) is 4.79 Å². The molecule has 0 fully saturated rings. The maximum atomic E-state index is 12.2. The first kappa shape index (κ1) is 19.8. The highest BCUT2D eigenvalue weighted by atomic mass is 16.5. The molecule has 26 heavy (non-hydrogen) atoms. The van der Waals surface area contributed by atoms with Crippen molar-refractivity contribution < 1.29 is 14.3 Å². The standard InChI is InChI=1S/C21H28N2O3/c1-4-25-13-14-26-18-11-9-17(10-12-18)22-15-21(24)23-20-8-6-5-7-19(20)16(2)3/h5-12,16,22H,4,13-15H2,1-3H3,(H,23,24). The number of amides is 1. The first-order valence-corrected chi connectivity index (χ1v) is 9.03. The molecular formula is C21H28N2O3. The number of carbonyl (C=O) groups excluding carboxylic acids is 1. The Balaban J connectivity index is 1.80. The summed E-state index contributed by atoms with van der Waals surface area (Å²) in [6.07, 6.45) is 0. The molecule has 0 bridgehead atoms. The van der Waals surface area contributed by atoms with Crippen molar-refractivity contribution in [1.29, 1.82) is 0 Å². The van der Waals surface area contributed by atoms with Crippen molar-refractivity contribution in [3.05, 3.63) is 54.1 Å². The average molecular weight is 356 g/mol. The van der Waals surface area contributed by atoms with Crippen molar-refractivity contribution in [1.82, 2.24) is 0 Å². The molecule has 0 atom stereocenters. The van der Waals surface area contributed by atoms with Gasteiger partial charge in [-0.05, 0) is 48.7 Å². The van der Waals surface area contributed by atoms with Gasteiger partial charge >= 0.3 is 0 Å². The molecule has 0 saturated heterocycles. The molecule has 0 aromatic heterocycles. The number of carbonyl (C=O) groups is 1. The van der Waals surface area contributed by atoms with Crippen LogP contribution in [0.15, 0.2) is 48.5 Å². The number of anilines is 2. The lowest BCUT2D eigenvalue weighted by Gasteiger charge is -2.14. The van der Waals surface area contributed by atoms with Gasteiger partial charge < -0.3 is 20.1 Å². The van der Waals surface area contributed by atoms with Gasteiger partial charge in [0.25, 0.3) is 0 Å². The van der Waals surface area contributed by atoms with Gasteiger partial charge in [0, 0.05) is 18.0 Å². The van der Waals surface area contributed by atoms with Gasteiger partial charge in [-0.15, -0.1) is 0 Å². The van der Waals surface area contributed by atoms with Gasteiger partial charge in [-0.2, -0.15) is 0 Å². The molecule has 1 amide bonds. The number of ether oxygens (including phenoxy) is 2. The molecular weight excluding hydrogens is 328 g/mol. The second-order valence-corrected chi connectivity index (χ2v) is 6.21. The second-order valence-electron chi connectivity index (χ2n) is 6.21. The van der Waals surface area contributed by atoms with E-state index in [1.165, 1.54) is 0 Å². The van der Waals surface area contributed by atoms with Crippen molar-refractivity contribution >= 4 is 17.3 Å². The molecule has 0 radical (unpaired) electrons. The molecule has 5 heteroatoms. The summed E-state index contributed by atoms with van der Waals surface area (Å²) in [6, 6.07) is 15.4. The van der Waals surface area contributed by atoms with Gasteiger partial charge in [-0.25, -0.2) is 0 Å². The lowest BCUT2D eigenvalue weighted by Crippen LogP contribution is -2.22. The minimum Gasteiger partial charge on any atom is -0.491 e. The molecule has 2 N–H and O–H groups in total. The zero-order chi connectivity index (χ0) is 18.8. The van der Waals surface area contributed by atoms with E-state index in [4.69, 9.17) is 9.47 Å². The van der Waals surface area contributed by atoms with Crippen LogP contribution in [0.1, 0.15) is 32.3 Å². The zero-order valence-corrected chi connectivity index (χ0v) is 15.7. The molecule has 0 heterocycles. The first-order chi connectivity index (χ1) is 12.6. The fourth-order valence-electron chi connectivity index (χ4n) is 2.52. The number of para-hydroxylation sites is 1. The van der Waals surface area contributed by atoms with Crippen LogP contribution < -0.4 is 15.4 Å². The highest BCUT2D eigenvalue weighted by molar-refractivity contribution is 5.94. The van der Waals surface area contributed by atoms with Gasteiger partial charge in [0.2, 0.25) is 5.91 Å². The van der Waals surface area contributed by atoms with Crippen LogP contribution >= 0.6 is 0 Å². The molecule has 0 saturated carbocycles. The van der Waals surface area contributed by atoms with E-state index in [0.29, 0.717) is 25.7 Å². The van der Waals surface area contributed by atoms with E-state index in [2.05, 4.69) is 24.5 Å². The average Bonchev–Trinajstić information content (AvgIpc) is 2.65. The fraction of sp³-hybridized carbons (Fsp3) is 0.381. The summed E-state index contributed by atoms with van der Waals surface area (Å²) >= 11 is 0. The Morgan fingerprint density at radius 3 is 2.46 bits per heavy atom. The molecule has 2 aromatic rings. The minimum absolute atomic E-state index is 0.0739. The Morgan fingerprint density at radius 2 is 1.77 bits per heavy atom. The summed E-state index contributed by atoms with van der Waals surface area (Å²) < 4.78 is 10.8. The predicted octanol–water partition coefficient (Wildman–Crippen LogP) is 4.28. The van der Waals surface area contributed by atoms with Gasteiger partial charge in [0.1, 0.15) is 12.4 Å². The minimum atomic E-state index is -0.0739. The Labute approximate surface area is 155 Å². The van der Waals surface area contributed by atoms with E-state index < -0.39 is 0 Å². The van der Waals surface area contributed by atoms with Crippen LogP contribution in [0.5, 0.6) is 5.75 Å². The SMILES string of the molecule is CCOCCOc1ccc(NCC(=O)Nc2ccccc2C(C)C)cc1. The third-order valence-electron chi connectivity index (χ3n) is 3.86. The zero-order valence-electron chi connectivity index (χ0n) is 15.7. The van der Waals surface area contributed by atoms with Crippen LogP contribution in [0.4, 0.5) is 11.4 Å². The lowest BCUT2D eigenvalue weighted by atomic mass is 10.0. The lowest BCUT2D eigenvalue weighted by molar-refractivity contribution is -0.114. The van der Waals surface area contributed by atoms with E-state index in [1.807, 2.05) is 55.5 Å². The second kappa shape index (κ2) is 10.5. The van der Waals surface area contributed by atoms with Crippen molar-refractivity contribution in [3.8, 4) is 5.75 Å². The third-order valence-corrected chi connectivity index (χ3v) is 3.86. The number of hydrogen-bond donors (Lipinski definition) is 2. The predicted molar refractivity (Wildman–Crippen MR) is 106 cm³/mol. The van der Waals surface area contributed by atoms with Crippen LogP contribution in [0.3, 0.4) is 0 Å². The van der Waals surface area contributed by atoms with Gasteiger partial charge in [-0.1, -0.05) is 32.0 Å². The summed E-state index contributed by atoms with van der Waals surface area (Å²) in [6.45, 7) is 8.18. The van der Waals surface area contributed by atoms with Crippen LogP contribution in [0, 0.1) is 0 Å². The van der Waals surface area contributed by atoms with Crippen molar-refractivity contribution in [2.75, 3.05) is 37.0 Å². The van der Waals surface area contributed by atoms with Gasteiger partial charge in [0.05, 0.1) is 13.2 Å². The number of hydrogen-bond acceptors (Lipinski definition) is 4.